The molecule has 0 saturated heterocycles. The van der Waals surface area contributed by atoms with Gasteiger partial charge in [-0.25, -0.2) is 0 Å². The molecular formula is C23H32O2. The fraction of sp³-hybridized carbons (Fsp3) is 0.522. The minimum atomic E-state index is -0.550. The fourth-order valence-corrected chi connectivity index (χ4v) is 3.49. The van der Waals surface area contributed by atoms with E-state index in [1.165, 1.54) is 0 Å². The average Bonchev–Trinajstić information content (AvgIpc) is 2.52. The Bertz CT molecular complexity index is 752. The predicted octanol–water partition coefficient (Wildman–Crippen LogP) is 6.62. The lowest BCUT2D eigenvalue weighted by Crippen LogP contribution is -2.46. The van der Waals surface area contributed by atoms with Crippen LogP contribution in [0.4, 0.5) is 0 Å². The van der Waals surface area contributed by atoms with Gasteiger partial charge in [0.1, 0.15) is 5.75 Å². The summed E-state index contributed by atoms with van der Waals surface area (Å²) >= 11 is 0. The average molecular weight is 341 g/mol. The Balaban J connectivity index is 2.35. The smallest absolute Gasteiger partial charge is 0.317 e. The van der Waals surface area contributed by atoms with Gasteiger partial charge < -0.3 is 4.74 Å². The molecule has 0 radical (unpaired) electrons. The molecule has 25 heavy (non-hydrogen) atoms. The van der Waals surface area contributed by atoms with Gasteiger partial charge in [-0.15, -0.1) is 0 Å². The molecule has 0 aliphatic carbocycles. The van der Waals surface area contributed by atoms with Gasteiger partial charge in [-0.2, -0.15) is 0 Å². The lowest BCUT2D eigenvalue weighted by molar-refractivity contribution is -0.155. The number of carbonyl (C=O) groups excluding carboxylic acids is 1. The van der Waals surface area contributed by atoms with Crippen LogP contribution in [-0.4, -0.2) is 5.97 Å². The van der Waals surface area contributed by atoms with Gasteiger partial charge in [0.15, 0.2) is 0 Å². The first-order chi connectivity index (χ1) is 11.5. The largest absolute Gasteiger partial charge is 0.426 e. The monoisotopic (exact) mass is 340 g/mol. The van der Waals surface area contributed by atoms with E-state index in [1.54, 1.807) is 0 Å². The van der Waals surface area contributed by atoms with Crippen LogP contribution >= 0.6 is 0 Å². The van der Waals surface area contributed by atoms with Crippen LogP contribution in [-0.2, 0) is 4.79 Å². The SMILES string of the molecule is CCC(C)(C)C(C)(CC(C)(C)C)C(=O)Oc1ccc2ccccc2c1. The maximum absolute atomic E-state index is 13.2. The highest BCUT2D eigenvalue weighted by Crippen LogP contribution is 2.49. The number of carbonyl (C=O) groups is 1. The van der Waals surface area contributed by atoms with Crippen molar-refractivity contribution in [3.05, 3.63) is 42.5 Å². The summed E-state index contributed by atoms with van der Waals surface area (Å²) in [6.07, 6.45) is 1.71. The van der Waals surface area contributed by atoms with E-state index in [0.717, 1.165) is 23.6 Å². The predicted molar refractivity (Wildman–Crippen MR) is 106 cm³/mol. The molecule has 2 aromatic rings. The van der Waals surface area contributed by atoms with Gasteiger partial charge >= 0.3 is 5.97 Å². The van der Waals surface area contributed by atoms with Crippen LogP contribution in [0.3, 0.4) is 0 Å². The number of ether oxygens (including phenoxy) is 1. The minimum Gasteiger partial charge on any atom is -0.426 e. The van der Waals surface area contributed by atoms with Gasteiger partial charge in [-0.05, 0) is 53.5 Å². The van der Waals surface area contributed by atoms with Crippen LogP contribution in [0.5, 0.6) is 5.75 Å². The Hall–Kier alpha value is -1.83. The van der Waals surface area contributed by atoms with Crippen molar-refractivity contribution in [2.45, 2.75) is 61.3 Å². The van der Waals surface area contributed by atoms with Gasteiger partial charge in [-0.3, -0.25) is 4.79 Å². The maximum Gasteiger partial charge on any atom is 0.317 e. The number of esters is 1. The van der Waals surface area contributed by atoms with Crippen LogP contribution in [0.15, 0.2) is 42.5 Å². The van der Waals surface area contributed by atoms with E-state index in [-0.39, 0.29) is 16.8 Å². The zero-order valence-corrected chi connectivity index (χ0v) is 16.8. The van der Waals surface area contributed by atoms with E-state index in [4.69, 9.17) is 4.74 Å². The molecule has 2 nitrogen and oxygen atoms in total. The maximum atomic E-state index is 13.2. The topological polar surface area (TPSA) is 26.3 Å². The van der Waals surface area contributed by atoms with Gasteiger partial charge in [-0.1, -0.05) is 71.9 Å². The van der Waals surface area contributed by atoms with Crippen molar-refractivity contribution in [2.24, 2.45) is 16.2 Å². The van der Waals surface area contributed by atoms with Gasteiger partial charge in [0.05, 0.1) is 5.41 Å². The Morgan fingerprint density at radius 1 is 0.920 bits per heavy atom. The number of hydrogen-bond donors (Lipinski definition) is 0. The molecule has 136 valence electrons. The molecule has 0 aliphatic heterocycles. The third kappa shape index (κ3) is 4.23. The molecule has 1 atom stereocenters. The van der Waals surface area contributed by atoms with E-state index >= 15 is 0 Å². The Morgan fingerprint density at radius 2 is 1.52 bits per heavy atom. The van der Waals surface area contributed by atoms with Crippen LogP contribution in [0.2, 0.25) is 0 Å². The highest BCUT2D eigenvalue weighted by molar-refractivity contribution is 5.85. The van der Waals surface area contributed by atoms with Crippen LogP contribution in [0.1, 0.15) is 61.3 Å². The minimum absolute atomic E-state index is 0.0452. The first kappa shape index (κ1) is 19.5. The summed E-state index contributed by atoms with van der Waals surface area (Å²) in [4.78, 5) is 13.2. The molecule has 2 heteroatoms. The molecule has 2 rings (SSSR count). The first-order valence-corrected chi connectivity index (χ1v) is 9.20. The second-order valence-corrected chi connectivity index (χ2v) is 9.21. The summed E-state index contributed by atoms with van der Waals surface area (Å²) in [5.41, 5.74) is -0.649. The van der Waals surface area contributed by atoms with Crippen LogP contribution < -0.4 is 4.74 Å². The van der Waals surface area contributed by atoms with E-state index in [1.807, 2.05) is 36.4 Å². The third-order valence-corrected chi connectivity index (χ3v) is 5.64. The summed E-state index contributed by atoms with van der Waals surface area (Å²) in [5, 5.41) is 2.23. The van der Waals surface area contributed by atoms with Crippen molar-refractivity contribution >= 4 is 16.7 Å². The zero-order valence-electron chi connectivity index (χ0n) is 16.8. The van der Waals surface area contributed by atoms with Crippen molar-refractivity contribution < 1.29 is 9.53 Å². The van der Waals surface area contributed by atoms with E-state index in [9.17, 15) is 4.79 Å². The Morgan fingerprint density at radius 3 is 2.08 bits per heavy atom. The summed E-state index contributed by atoms with van der Waals surface area (Å²) in [6.45, 7) is 15.1. The first-order valence-electron chi connectivity index (χ1n) is 9.20. The van der Waals surface area contributed by atoms with Crippen molar-refractivity contribution in [1.82, 2.24) is 0 Å². The summed E-state index contributed by atoms with van der Waals surface area (Å²) < 4.78 is 5.88. The summed E-state index contributed by atoms with van der Waals surface area (Å²) in [5.74, 6) is 0.486. The highest BCUT2D eigenvalue weighted by Gasteiger charge is 2.49. The number of fused-ring (bicyclic) bond motifs is 1. The van der Waals surface area contributed by atoms with Crippen molar-refractivity contribution in [3.63, 3.8) is 0 Å². The highest BCUT2D eigenvalue weighted by atomic mass is 16.5. The van der Waals surface area contributed by atoms with E-state index in [2.05, 4.69) is 54.5 Å². The van der Waals surface area contributed by atoms with Crippen LogP contribution in [0, 0.1) is 16.2 Å². The molecule has 0 fully saturated rings. The molecule has 0 saturated carbocycles. The quantitative estimate of drug-likeness (QED) is 0.451. The standard InChI is InChI=1S/C23H32O2/c1-8-22(5,6)23(7,16-21(2,3)4)20(24)25-19-14-13-17-11-9-10-12-18(17)15-19/h9-15H,8,16H2,1-7H3. The molecule has 0 bridgehead atoms. The summed E-state index contributed by atoms with van der Waals surface area (Å²) in [7, 11) is 0. The second-order valence-electron chi connectivity index (χ2n) is 9.21. The lowest BCUT2D eigenvalue weighted by Gasteiger charge is -2.45. The number of benzene rings is 2. The third-order valence-electron chi connectivity index (χ3n) is 5.64. The fourth-order valence-electron chi connectivity index (χ4n) is 3.49. The molecule has 0 N–H and O–H groups in total. The molecule has 2 aromatic carbocycles. The van der Waals surface area contributed by atoms with E-state index in [0.29, 0.717) is 5.75 Å². The second kappa shape index (κ2) is 6.82. The molecule has 0 spiro atoms. The number of hydrogen-bond acceptors (Lipinski definition) is 2. The molecule has 0 amide bonds. The Kier molecular flexibility index (Phi) is 5.32. The van der Waals surface area contributed by atoms with Crippen LogP contribution in [0.25, 0.3) is 10.8 Å². The molecule has 0 aliphatic rings. The van der Waals surface area contributed by atoms with Gasteiger partial charge in [0.2, 0.25) is 0 Å². The molecule has 1 unspecified atom stereocenters. The van der Waals surface area contributed by atoms with Gasteiger partial charge in [0.25, 0.3) is 0 Å². The van der Waals surface area contributed by atoms with Crippen molar-refractivity contribution in [1.29, 1.82) is 0 Å². The lowest BCUT2D eigenvalue weighted by atomic mass is 9.59. The Labute approximate surface area is 152 Å². The molecule has 0 aromatic heterocycles. The number of rotatable bonds is 5. The van der Waals surface area contributed by atoms with Crippen molar-refractivity contribution in [2.75, 3.05) is 0 Å². The summed E-state index contributed by atoms with van der Waals surface area (Å²) in [6, 6.07) is 13.9. The molecule has 0 heterocycles. The zero-order chi connectivity index (χ0) is 18.9. The van der Waals surface area contributed by atoms with Gasteiger partial charge in [0, 0.05) is 0 Å². The molecular weight excluding hydrogens is 308 g/mol. The van der Waals surface area contributed by atoms with E-state index < -0.39 is 5.41 Å². The normalized spacial score (nSPS) is 15.0. The van der Waals surface area contributed by atoms with Crippen molar-refractivity contribution in [3.8, 4) is 5.75 Å².